The molecule has 3 rings (SSSR count). The highest BCUT2D eigenvalue weighted by Gasteiger charge is 2.27. The lowest BCUT2D eigenvalue weighted by molar-refractivity contribution is -0.122. The van der Waals surface area contributed by atoms with E-state index in [0.717, 1.165) is 18.4 Å². The van der Waals surface area contributed by atoms with Crippen LogP contribution in [0.4, 0.5) is 0 Å². The molecular formula is C18H21N3O2. The Morgan fingerprint density at radius 1 is 1.22 bits per heavy atom. The normalized spacial score (nSPS) is 16.2. The van der Waals surface area contributed by atoms with Gasteiger partial charge >= 0.3 is 5.69 Å². The van der Waals surface area contributed by atoms with Crippen LogP contribution in [0.25, 0.3) is 0 Å². The van der Waals surface area contributed by atoms with Crippen LogP contribution in [0.3, 0.4) is 0 Å². The Kier molecular flexibility index (Phi) is 4.86. The lowest BCUT2D eigenvalue weighted by atomic mass is 9.91. The van der Waals surface area contributed by atoms with Crippen molar-refractivity contribution in [3.05, 3.63) is 64.8 Å². The minimum absolute atomic E-state index is 0.00271. The van der Waals surface area contributed by atoms with Crippen molar-refractivity contribution in [2.45, 2.75) is 38.3 Å². The number of nitrogens with zero attached hydrogens (tertiary/aromatic N) is 2. The van der Waals surface area contributed by atoms with E-state index < -0.39 is 5.69 Å². The van der Waals surface area contributed by atoms with Crippen molar-refractivity contribution in [3.63, 3.8) is 0 Å². The van der Waals surface area contributed by atoms with Gasteiger partial charge in [0.05, 0.1) is 6.04 Å². The lowest BCUT2D eigenvalue weighted by Crippen LogP contribution is -2.37. The van der Waals surface area contributed by atoms with E-state index in [4.69, 9.17) is 0 Å². The maximum absolute atomic E-state index is 12.4. The molecule has 5 nitrogen and oxygen atoms in total. The van der Waals surface area contributed by atoms with Gasteiger partial charge in [-0.3, -0.25) is 9.36 Å². The van der Waals surface area contributed by atoms with E-state index in [1.165, 1.54) is 23.6 Å². The summed E-state index contributed by atoms with van der Waals surface area (Å²) in [7, 11) is 0. The third-order valence-corrected chi connectivity index (χ3v) is 4.44. The summed E-state index contributed by atoms with van der Waals surface area (Å²) in [5.41, 5.74) is 0.728. The Labute approximate surface area is 135 Å². The molecule has 1 fully saturated rings. The first-order chi connectivity index (χ1) is 11.2. The topological polar surface area (TPSA) is 64.0 Å². The van der Waals surface area contributed by atoms with E-state index in [0.29, 0.717) is 5.92 Å². The minimum atomic E-state index is -0.403. The first kappa shape index (κ1) is 15.5. The molecule has 0 bridgehead atoms. The highest BCUT2D eigenvalue weighted by Crippen LogP contribution is 2.35. The summed E-state index contributed by atoms with van der Waals surface area (Å²) in [6.07, 6.45) is 7.71. The zero-order chi connectivity index (χ0) is 16.1. The average molecular weight is 311 g/mol. The summed E-state index contributed by atoms with van der Waals surface area (Å²) in [4.78, 5) is 27.7. The number of nitrogens with one attached hydrogen (secondary N) is 1. The average Bonchev–Trinajstić information content (AvgIpc) is 3.10. The van der Waals surface area contributed by atoms with E-state index in [9.17, 15) is 9.59 Å². The summed E-state index contributed by atoms with van der Waals surface area (Å²) < 4.78 is 1.33. The molecule has 1 N–H and O–H groups in total. The summed E-state index contributed by atoms with van der Waals surface area (Å²) >= 11 is 0. The summed E-state index contributed by atoms with van der Waals surface area (Å²) in [6.45, 7) is 0.00271. The largest absolute Gasteiger partial charge is 0.347 e. The molecule has 1 aliphatic carbocycles. The Morgan fingerprint density at radius 2 is 1.96 bits per heavy atom. The van der Waals surface area contributed by atoms with E-state index in [1.807, 2.05) is 18.2 Å². The predicted molar refractivity (Wildman–Crippen MR) is 87.8 cm³/mol. The smallest absolute Gasteiger partial charge is 0.347 e. The van der Waals surface area contributed by atoms with Crippen molar-refractivity contribution in [1.29, 1.82) is 0 Å². The number of rotatable bonds is 5. The summed E-state index contributed by atoms with van der Waals surface area (Å²) in [6, 6.07) is 11.7. The fraction of sp³-hybridized carbons (Fsp3) is 0.389. The molecule has 1 aliphatic rings. The van der Waals surface area contributed by atoms with Gasteiger partial charge in [0.25, 0.3) is 0 Å². The van der Waals surface area contributed by atoms with Crippen molar-refractivity contribution < 1.29 is 4.79 Å². The monoisotopic (exact) mass is 311 g/mol. The molecule has 1 saturated carbocycles. The van der Waals surface area contributed by atoms with Crippen molar-refractivity contribution in [2.24, 2.45) is 5.92 Å². The zero-order valence-corrected chi connectivity index (χ0v) is 13.0. The maximum atomic E-state index is 12.4. The Hall–Kier alpha value is -2.43. The lowest BCUT2D eigenvalue weighted by Gasteiger charge is -2.25. The van der Waals surface area contributed by atoms with Crippen LogP contribution in [0.15, 0.2) is 53.6 Å². The number of hydrogen-bond acceptors (Lipinski definition) is 3. The molecule has 5 heteroatoms. The standard InChI is InChI=1S/C18H21N3O2/c22-16(13-21-12-6-11-19-18(21)23)20-17(15-9-4-5-10-15)14-7-2-1-3-8-14/h1-3,6-8,11-12,15,17H,4-5,9-10,13H2,(H,20,22)/t17-/m0/s1. The third kappa shape index (κ3) is 3.86. The SMILES string of the molecule is O=C(Cn1cccnc1=O)N[C@@H](c1ccccc1)C1CCCC1. The molecule has 1 amide bonds. The van der Waals surface area contributed by atoms with Crippen LogP contribution in [0, 0.1) is 5.92 Å². The zero-order valence-electron chi connectivity index (χ0n) is 13.0. The molecule has 120 valence electrons. The third-order valence-electron chi connectivity index (χ3n) is 4.44. The van der Waals surface area contributed by atoms with Gasteiger partial charge in [-0.2, -0.15) is 0 Å². The first-order valence-electron chi connectivity index (χ1n) is 8.10. The van der Waals surface area contributed by atoms with E-state index >= 15 is 0 Å². The van der Waals surface area contributed by atoms with Crippen LogP contribution in [0.5, 0.6) is 0 Å². The second-order valence-corrected chi connectivity index (χ2v) is 6.03. The Morgan fingerprint density at radius 3 is 2.65 bits per heavy atom. The highest BCUT2D eigenvalue weighted by atomic mass is 16.2. The van der Waals surface area contributed by atoms with Crippen LogP contribution in [-0.4, -0.2) is 15.5 Å². The van der Waals surface area contributed by atoms with Crippen molar-refractivity contribution >= 4 is 5.91 Å². The van der Waals surface area contributed by atoms with Crippen molar-refractivity contribution in [2.75, 3.05) is 0 Å². The van der Waals surface area contributed by atoms with Gasteiger partial charge in [0.1, 0.15) is 6.54 Å². The Bertz CT molecular complexity index is 705. The van der Waals surface area contributed by atoms with Gasteiger partial charge in [-0.15, -0.1) is 0 Å². The summed E-state index contributed by atoms with van der Waals surface area (Å²) in [5.74, 6) is 0.313. The number of amides is 1. The second-order valence-electron chi connectivity index (χ2n) is 6.03. The molecule has 0 saturated heterocycles. The number of hydrogen-bond donors (Lipinski definition) is 1. The van der Waals surface area contributed by atoms with Gasteiger partial charge < -0.3 is 5.32 Å². The van der Waals surface area contributed by atoms with Crippen LogP contribution in [-0.2, 0) is 11.3 Å². The van der Waals surface area contributed by atoms with Crippen LogP contribution in [0.1, 0.15) is 37.3 Å². The first-order valence-corrected chi connectivity index (χ1v) is 8.10. The van der Waals surface area contributed by atoms with Gasteiger partial charge in [-0.05, 0) is 30.4 Å². The number of benzene rings is 1. The quantitative estimate of drug-likeness (QED) is 0.921. The number of carbonyl (C=O) groups excluding carboxylic acids is 1. The van der Waals surface area contributed by atoms with E-state index in [1.54, 1.807) is 12.3 Å². The van der Waals surface area contributed by atoms with Gasteiger partial charge in [-0.25, -0.2) is 9.78 Å². The fourth-order valence-electron chi connectivity index (χ4n) is 3.31. The van der Waals surface area contributed by atoms with Gasteiger partial charge in [0, 0.05) is 12.4 Å². The fourth-order valence-corrected chi connectivity index (χ4v) is 3.31. The van der Waals surface area contributed by atoms with Gasteiger partial charge in [0.15, 0.2) is 0 Å². The molecule has 1 aromatic carbocycles. The molecule has 1 aromatic heterocycles. The van der Waals surface area contributed by atoms with E-state index in [-0.39, 0.29) is 18.5 Å². The molecule has 0 aliphatic heterocycles. The second kappa shape index (κ2) is 7.22. The van der Waals surface area contributed by atoms with Crippen LogP contribution in [0.2, 0.25) is 0 Å². The molecule has 1 heterocycles. The number of aromatic nitrogens is 2. The minimum Gasteiger partial charge on any atom is -0.347 e. The molecule has 23 heavy (non-hydrogen) atoms. The van der Waals surface area contributed by atoms with Crippen molar-refractivity contribution in [1.82, 2.24) is 14.9 Å². The van der Waals surface area contributed by atoms with Crippen LogP contribution < -0.4 is 11.0 Å². The predicted octanol–water partition coefficient (Wildman–Crippen LogP) is 2.29. The van der Waals surface area contributed by atoms with Gasteiger partial charge in [-0.1, -0.05) is 43.2 Å². The molecule has 1 atom stereocenters. The van der Waals surface area contributed by atoms with Crippen LogP contribution >= 0.6 is 0 Å². The number of carbonyl (C=O) groups is 1. The van der Waals surface area contributed by atoms with E-state index in [2.05, 4.69) is 22.4 Å². The molecular weight excluding hydrogens is 290 g/mol. The molecule has 0 spiro atoms. The molecule has 2 aromatic rings. The summed E-state index contributed by atoms with van der Waals surface area (Å²) in [5, 5.41) is 3.12. The highest BCUT2D eigenvalue weighted by molar-refractivity contribution is 5.76. The van der Waals surface area contributed by atoms with Gasteiger partial charge in [0.2, 0.25) is 5.91 Å². The molecule has 0 radical (unpaired) electrons. The van der Waals surface area contributed by atoms with Crippen molar-refractivity contribution in [3.8, 4) is 0 Å². The molecule has 0 unspecified atom stereocenters. The maximum Gasteiger partial charge on any atom is 0.347 e. The Balaban J connectivity index is 1.74.